The van der Waals surface area contributed by atoms with Crippen LogP contribution in [0.5, 0.6) is 0 Å². The van der Waals surface area contributed by atoms with Crippen LogP contribution in [-0.4, -0.2) is 58.5 Å². The number of aryl methyl sites for hydroxylation is 1. The van der Waals surface area contributed by atoms with Crippen molar-refractivity contribution in [3.63, 3.8) is 0 Å². The third kappa shape index (κ3) is 12.2. The largest absolute Gasteiger partial charge is 0.444 e. The molecule has 222 valence electrons. The van der Waals surface area contributed by atoms with E-state index in [9.17, 15) is 14.4 Å². The number of hydrogen-bond acceptors (Lipinski definition) is 5. The van der Waals surface area contributed by atoms with Crippen LogP contribution < -0.4 is 10.6 Å². The molecule has 0 spiro atoms. The molecule has 3 amide bonds. The highest BCUT2D eigenvalue weighted by Gasteiger charge is 2.39. The monoisotopic (exact) mass is 563 g/mol. The molecule has 1 aromatic carbocycles. The second kappa shape index (κ2) is 16.8. The number of amides is 3. The molecule has 0 aliphatic carbocycles. The number of hydrogen-bond donors (Lipinski definition) is 2. The molecule has 4 unspecified atom stereocenters. The van der Waals surface area contributed by atoms with Crippen molar-refractivity contribution >= 4 is 29.7 Å². The molecule has 0 aliphatic heterocycles. The second-order valence-corrected chi connectivity index (χ2v) is 13.0. The van der Waals surface area contributed by atoms with Gasteiger partial charge in [-0.1, -0.05) is 51.5 Å². The number of rotatable bonds is 15. The zero-order valence-corrected chi connectivity index (χ0v) is 26.7. The van der Waals surface area contributed by atoms with E-state index in [2.05, 4.69) is 31.4 Å². The molecule has 2 N–H and O–H groups in total. The summed E-state index contributed by atoms with van der Waals surface area (Å²) in [5.74, 6) is 0.662. The smallest absolute Gasteiger partial charge is 0.408 e. The molecule has 4 atom stereocenters. The Morgan fingerprint density at radius 2 is 1.62 bits per heavy atom. The highest BCUT2D eigenvalue weighted by atomic mass is 32.2. The first-order valence-corrected chi connectivity index (χ1v) is 15.8. The van der Waals surface area contributed by atoms with E-state index >= 15 is 0 Å². The summed E-state index contributed by atoms with van der Waals surface area (Å²) < 4.78 is 5.50. The van der Waals surface area contributed by atoms with Crippen molar-refractivity contribution in [2.24, 2.45) is 5.92 Å². The van der Waals surface area contributed by atoms with Crippen LogP contribution >= 0.6 is 11.8 Å². The van der Waals surface area contributed by atoms with Crippen LogP contribution in [0, 0.1) is 12.8 Å². The zero-order valence-electron chi connectivity index (χ0n) is 25.9. The first-order valence-electron chi connectivity index (χ1n) is 14.4. The standard InChI is InChI=1S/C31H53N3O4S/c1-11-14-23(5)32-28(35)27(25-16-13-12-15-22(25)4)34(24(6)18-17-21(2)3)29(36)26(19-20-39-10)33-30(37)38-31(7,8)9/h12-13,15-16,21,23-24,26-27H,11,14,17-20H2,1-10H3,(H,32,35)(H,33,37). The molecule has 7 nitrogen and oxygen atoms in total. The molecular weight excluding hydrogens is 510 g/mol. The van der Waals surface area contributed by atoms with Gasteiger partial charge in [0, 0.05) is 12.1 Å². The minimum Gasteiger partial charge on any atom is -0.444 e. The predicted octanol–water partition coefficient (Wildman–Crippen LogP) is 6.64. The molecular formula is C31H53N3O4S. The first kappa shape index (κ1) is 34.8. The van der Waals surface area contributed by atoms with E-state index < -0.39 is 23.8 Å². The Kier molecular flexibility index (Phi) is 15.0. The number of benzene rings is 1. The number of thioether (sulfide) groups is 1. The van der Waals surface area contributed by atoms with Gasteiger partial charge < -0.3 is 20.3 Å². The number of nitrogens with one attached hydrogen (secondary N) is 2. The average molecular weight is 564 g/mol. The Morgan fingerprint density at radius 3 is 2.15 bits per heavy atom. The Morgan fingerprint density at radius 1 is 0.974 bits per heavy atom. The fourth-order valence-electron chi connectivity index (χ4n) is 4.57. The molecule has 0 saturated heterocycles. The summed E-state index contributed by atoms with van der Waals surface area (Å²) in [7, 11) is 0. The van der Waals surface area contributed by atoms with Gasteiger partial charge in [0.05, 0.1) is 0 Å². The minimum absolute atomic E-state index is 0.0240. The van der Waals surface area contributed by atoms with Crippen molar-refractivity contribution in [3.8, 4) is 0 Å². The van der Waals surface area contributed by atoms with Gasteiger partial charge in [-0.05, 0) is 96.3 Å². The highest BCUT2D eigenvalue weighted by molar-refractivity contribution is 7.98. The lowest BCUT2D eigenvalue weighted by Crippen LogP contribution is -2.56. The molecule has 0 aromatic heterocycles. The van der Waals surface area contributed by atoms with Crippen molar-refractivity contribution < 1.29 is 19.1 Å². The quantitative estimate of drug-likeness (QED) is 0.250. The van der Waals surface area contributed by atoms with Gasteiger partial charge in [-0.25, -0.2) is 4.79 Å². The molecule has 1 aromatic rings. The van der Waals surface area contributed by atoms with Crippen molar-refractivity contribution in [3.05, 3.63) is 35.4 Å². The number of alkyl carbamates (subject to hydrolysis) is 1. The second-order valence-electron chi connectivity index (χ2n) is 12.0. The predicted molar refractivity (Wildman–Crippen MR) is 163 cm³/mol. The van der Waals surface area contributed by atoms with Crippen LogP contribution in [0.4, 0.5) is 4.79 Å². The SMILES string of the molecule is CCCC(C)NC(=O)C(c1ccccc1C)N(C(=O)C(CCSC)NC(=O)OC(C)(C)C)C(C)CCC(C)C. The number of carbonyl (C=O) groups excluding carboxylic acids is 3. The number of nitrogens with zero attached hydrogens (tertiary/aromatic N) is 1. The zero-order chi connectivity index (χ0) is 29.8. The van der Waals surface area contributed by atoms with E-state index in [-0.39, 0.29) is 23.9 Å². The molecule has 0 heterocycles. The van der Waals surface area contributed by atoms with Gasteiger partial charge in [0.2, 0.25) is 11.8 Å². The molecule has 39 heavy (non-hydrogen) atoms. The first-order chi connectivity index (χ1) is 18.2. The van der Waals surface area contributed by atoms with Gasteiger partial charge in [0.25, 0.3) is 0 Å². The van der Waals surface area contributed by atoms with Gasteiger partial charge in [-0.2, -0.15) is 11.8 Å². The van der Waals surface area contributed by atoms with Gasteiger partial charge in [-0.3, -0.25) is 9.59 Å². The van der Waals surface area contributed by atoms with Crippen LogP contribution in [-0.2, 0) is 14.3 Å². The van der Waals surface area contributed by atoms with E-state index in [1.807, 2.05) is 51.3 Å². The summed E-state index contributed by atoms with van der Waals surface area (Å²) in [4.78, 5) is 43.0. The van der Waals surface area contributed by atoms with Crippen LogP contribution in [0.1, 0.15) is 105 Å². The summed E-state index contributed by atoms with van der Waals surface area (Å²) in [6.45, 7) is 17.7. The van der Waals surface area contributed by atoms with E-state index in [0.29, 0.717) is 18.1 Å². The minimum atomic E-state index is -0.822. The number of ether oxygens (including phenoxy) is 1. The van der Waals surface area contributed by atoms with Crippen LogP contribution in [0.25, 0.3) is 0 Å². The van der Waals surface area contributed by atoms with Crippen molar-refractivity contribution in [2.45, 2.75) is 124 Å². The van der Waals surface area contributed by atoms with Crippen LogP contribution in [0.15, 0.2) is 24.3 Å². The highest BCUT2D eigenvalue weighted by Crippen LogP contribution is 2.30. The molecule has 0 saturated carbocycles. The molecule has 1 rings (SSSR count). The Labute approximate surface area is 241 Å². The Balaban J connectivity index is 3.62. The van der Waals surface area contributed by atoms with E-state index in [0.717, 1.165) is 36.8 Å². The lowest BCUT2D eigenvalue weighted by molar-refractivity contribution is -0.145. The van der Waals surface area contributed by atoms with Crippen LogP contribution in [0.2, 0.25) is 0 Å². The van der Waals surface area contributed by atoms with Gasteiger partial charge in [0.1, 0.15) is 17.7 Å². The molecule has 0 aliphatic rings. The summed E-state index contributed by atoms with van der Waals surface area (Å²) in [5, 5.41) is 6.00. The maximum absolute atomic E-state index is 14.4. The summed E-state index contributed by atoms with van der Waals surface area (Å²) in [5.41, 5.74) is 1.04. The van der Waals surface area contributed by atoms with E-state index in [1.165, 1.54) is 0 Å². The third-order valence-corrected chi connectivity index (χ3v) is 7.25. The fraction of sp³-hybridized carbons (Fsp3) is 0.710. The fourth-order valence-corrected chi connectivity index (χ4v) is 5.04. The van der Waals surface area contributed by atoms with E-state index in [1.54, 1.807) is 37.4 Å². The van der Waals surface area contributed by atoms with Gasteiger partial charge in [-0.15, -0.1) is 0 Å². The lowest BCUT2D eigenvalue weighted by Gasteiger charge is -2.39. The van der Waals surface area contributed by atoms with Crippen molar-refractivity contribution in [1.29, 1.82) is 0 Å². The molecule has 0 bridgehead atoms. The van der Waals surface area contributed by atoms with E-state index in [4.69, 9.17) is 4.74 Å². The van der Waals surface area contributed by atoms with Gasteiger partial charge in [0.15, 0.2) is 0 Å². The Bertz CT molecular complexity index is 915. The maximum atomic E-state index is 14.4. The molecule has 0 radical (unpaired) electrons. The Hall–Kier alpha value is -2.22. The number of carbonyl (C=O) groups is 3. The summed E-state index contributed by atoms with van der Waals surface area (Å²) in [6.07, 6.45) is 5.21. The van der Waals surface area contributed by atoms with Crippen LogP contribution in [0.3, 0.4) is 0 Å². The normalized spacial score (nSPS) is 14.7. The van der Waals surface area contributed by atoms with Crippen molar-refractivity contribution in [1.82, 2.24) is 15.5 Å². The summed E-state index contributed by atoms with van der Waals surface area (Å²) >= 11 is 1.61. The summed E-state index contributed by atoms with van der Waals surface area (Å²) in [6, 6.07) is 5.85. The van der Waals surface area contributed by atoms with Crippen molar-refractivity contribution in [2.75, 3.05) is 12.0 Å². The maximum Gasteiger partial charge on any atom is 0.408 e. The lowest BCUT2D eigenvalue weighted by atomic mass is 9.94. The topological polar surface area (TPSA) is 87.7 Å². The van der Waals surface area contributed by atoms with Gasteiger partial charge >= 0.3 is 6.09 Å². The average Bonchev–Trinajstić information content (AvgIpc) is 2.82. The third-order valence-electron chi connectivity index (χ3n) is 6.61. The molecule has 8 heteroatoms. The molecule has 0 fully saturated rings.